The molecule has 0 bridgehead atoms. The molecule has 0 atom stereocenters. The number of ketones is 2. The first-order chi connectivity index (χ1) is 11.9. The van der Waals surface area contributed by atoms with E-state index in [1.165, 1.54) is 0 Å². The van der Waals surface area contributed by atoms with E-state index in [9.17, 15) is 35.5 Å². The van der Waals surface area contributed by atoms with Crippen LogP contribution in [-0.2, 0) is 20.2 Å². The molecule has 0 saturated heterocycles. The van der Waals surface area contributed by atoms with Gasteiger partial charge in [-0.15, -0.1) is 0 Å². The molecule has 3 rings (SSSR count). The number of halogens is 1. The topological polar surface area (TPSA) is 169 Å². The van der Waals surface area contributed by atoms with Gasteiger partial charge in [0.15, 0.2) is 11.6 Å². The van der Waals surface area contributed by atoms with Gasteiger partial charge in [-0.1, -0.05) is 12.1 Å². The van der Waals surface area contributed by atoms with Crippen molar-refractivity contribution in [1.82, 2.24) is 0 Å². The zero-order chi connectivity index (χ0) is 19.6. The third kappa shape index (κ3) is 3.73. The number of rotatable bonds is 2. The molecule has 0 amide bonds. The minimum absolute atomic E-state index is 0. The molecule has 2 aromatic rings. The van der Waals surface area contributed by atoms with Crippen LogP contribution >= 0.6 is 15.9 Å². The van der Waals surface area contributed by atoms with E-state index < -0.39 is 58.4 Å². The van der Waals surface area contributed by atoms with Crippen LogP contribution in [0.3, 0.4) is 0 Å². The second-order valence-corrected chi connectivity index (χ2v) is 8.94. The van der Waals surface area contributed by atoms with Crippen LogP contribution in [0.25, 0.3) is 0 Å². The summed E-state index contributed by atoms with van der Waals surface area (Å²) in [6.45, 7) is 0. The van der Waals surface area contributed by atoms with Crippen molar-refractivity contribution in [2.75, 3.05) is 5.73 Å². The van der Waals surface area contributed by atoms with Gasteiger partial charge in [-0.05, 0) is 28.1 Å². The predicted octanol–water partition coefficient (Wildman–Crippen LogP) is -1.58. The maximum Gasteiger partial charge on any atom is 1.00 e. The zero-order valence-corrected chi connectivity index (χ0v) is 19.8. The van der Waals surface area contributed by atoms with Gasteiger partial charge in [0.1, 0.15) is 9.79 Å². The fraction of sp³-hybridized carbons (Fsp3) is 0. The monoisotopic (exact) mass is 501 g/mol. The molecule has 0 aromatic heterocycles. The third-order valence-corrected chi connectivity index (χ3v) is 6.20. The Hall–Kier alpha value is -0.484. The second kappa shape index (κ2) is 7.40. The van der Waals surface area contributed by atoms with Gasteiger partial charge in [-0.3, -0.25) is 18.7 Å². The number of fused-ring (bicyclic) bond motifs is 2. The van der Waals surface area contributed by atoms with Crippen LogP contribution in [0.5, 0.6) is 0 Å². The summed E-state index contributed by atoms with van der Waals surface area (Å²) in [6.07, 6.45) is 0. The van der Waals surface area contributed by atoms with Gasteiger partial charge in [0.2, 0.25) is 0 Å². The Morgan fingerprint density at radius 1 is 0.889 bits per heavy atom. The molecule has 13 heteroatoms. The predicted molar refractivity (Wildman–Crippen MR) is 92.6 cm³/mol. The molecule has 0 aliphatic heterocycles. The van der Waals surface area contributed by atoms with Crippen LogP contribution in [0.15, 0.2) is 38.5 Å². The summed E-state index contributed by atoms with van der Waals surface area (Å²) >= 11 is 2.94. The summed E-state index contributed by atoms with van der Waals surface area (Å²) in [6, 6.07) is 4.06. The van der Waals surface area contributed by atoms with E-state index >= 15 is 0 Å². The van der Waals surface area contributed by atoms with Crippen molar-refractivity contribution in [2.24, 2.45) is 0 Å². The number of carbonyl (C=O) groups excluding carboxylic acids is 2. The Bertz CT molecular complexity index is 1240. The molecule has 9 nitrogen and oxygen atoms in total. The molecule has 0 spiro atoms. The Morgan fingerprint density at radius 2 is 1.44 bits per heavy atom. The first kappa shape index (κ1) is 22.8. The quantitative estimate of drug-likeness (QED) is 0.213. The first-order valence-corrected chi connectivity index (χ1v) is 10.3. The normalized spacial score (nSPS) is 13.6. The first-order valence-electron chi connectivity index (χ1n) is 6.65. The van der Waals surface area contributed by atoms with E-state index in [1.807, 2.05) is 0 Å². The van der Waals surface area contributed by atoms with Crippen LogP contribution in [0, 0.1) is 0 Å². The molecule has 4 N–H and O–H groups in total. The minimum Gasteiger partial charge on any atom is -1.00 e. The SMILES string of the molecule is Nc1c(S(=O)(=O)O)cc(Br)c2c1C(=O)c1cccc(S(=O)(=O)O)c1C2=O.[H-].[K+]. The molecule has 0 radical (unpaired) electrons. The molecule has 0 saturated carbocycles. The Morgan fingerprint density at radius 3 is 1.96 bits per heavy atom. The van der Waals surface area contributed by atoms with Crippen molar-refractivity contribution < 1.29 is 88.3 Å². The molecule has 2 aromatic carbocycles. The molecule has 1 aliphatic carbocycles. The van der Waals surface area contributed by atoms with Gasteiger partial charge in [0.25, 0.3) is 20.2 Å². The van der Waals surface area contributed by atoms with Crippen LogP contribution in [0.4, 0.5) is 5.69 Å². The minimum atomic E-state index is -4.81. The van der Waals surface area contributed by atoms with E-state index in [-0.39, 0.29) is 68.4 Å². The fourth-order valence-corrected chi connectivity index (χ4v) is 4.86. The van der Waals surface area contributed by atoms with Crippen molar-refractivity contribution in [3.05, 3.63) is 51.0 Å². The number of hydrogen-bond donors (Lipinski definition) is 3. The van der Waals surface area contributed by atoms with E-state index in [2.05, 4.69) is 15.9 Å². The van der Waals surface area contributed by atoms with E-state index in [1.54, 1.807) is 0 Å². The molecular weight excluding hydrogens is 493 g/mol. The fourth-order valence-electron chi connectivity index (χ4n) is 2.74. The van der Waals surface area contributed by atoms with Crippen molar-refractivity contribution in [3.8, 4) is 0 Å². The number of nitrogens with two attached hydrogens (primary N) is 1. The summed E-state index contributed by atoms with van der Waals surface area (Å²) in [4.78, 5) is 24.1. The van der Waals surface area contributed by atoms with Gasteiger partial charge < -0.3 is 7.16 Å². The number of hydrogen-bond acceptors (Lipinski definition) is 7. The number of nitrogen functional groups attached to an aromatic ring is 1. The molecule has 27 heavy (non-hydrogen) atoms. The van der Waals surface area contributed by atoms with Crippen LogP contribution in [-0.4, -0.2) is 37.5 Å². The number of carbonyl (C=O) groups is 2. The smallest absolute Gasteiger partial charge is 1.00 e. The van der Waals surface area contributed by atoms with Crippen LogP contribution < -0.4 is 57.1 Å². The van der Waals surface area contributed by atoms with Crippen molar-refractivity contribution in [3.63, 3.8) is 0 Å². The maximum absolute atomic E-state index is 12.8. The van der Waals surface area contributed by atoms with Gasteiger partial charge in [-0.2, -0.15) is 16.8 Å². The molecule has 1 aliphatic rings. The summed E-state index contributed by atoms with van der Waals surface area (Å²) in [7, 11) is -9.61. The number of benzene rings is 2. The van der Waals surface area contributed by atoms with Crippen molar-refractivity contribution >= 4 is 53.4 Å². The van der Waals surface area contributed by atoms with E-state index in [0.29, 0.717) is 0 Å². The average molecular weight is 502 g/mol. The third-order valence-electron chi connectivity index (χ3n) is 3.79. The molecule has 0 unspecified atom stereocenters. The largest absolute Gasteiger partial charge is 1.00 e. The summed E-state index contributed by atoms with van der Waals surface area (Å²) in [5, 5.41) is 0. The molecule has 0 fully saturated rings. The zero-order valence-electron chi connectivity index (χ0n) is 14.4. The van der Waals surface area contributed by atoms with Crippen molar-refractivity contribution in [2.45, 2.75) is 9.79 Å². The van der Waals surface area contributed by atoms with E-state index in [0.717, 1.165) is 24.3 Å². The Balaban J connectivity index is 0.00000196. The van der Waals surface area contributed by atoms with Gasteiger partial charge in [-0.25, -0.2) is 0 Å². The van der Waals surface area contributed by atoms with Crippen LogP contribution in [0.1, 0.15) is 33.3 Å². The van der Waals surface area contributed by atoms with E-state index in [4.69, 9.17) is 5.73 Å². The summed E-state index contributed by atoms with van der Waals surface area (Å²) < 4.78 is 64.4. The maximum atomic E-state index is 12.8. The van der Waals surface area contributed by atoms with Gasteiger partial charge >= 0.3 is 51.4 Å². The molecule has 0 heterocycles. The Labute approximate surface area is 205 Å². The number of anilines is 1. The van der Waals surface area contributed by atoms with Gasteiger partial charge in [0.05, 0.1) is 22.4 Å². The van der Waals surface area contributed by atoms with Gasteiger partial charge in [0, 0.05) is 10.0 Å². The average Bonchev–Trinajstić information content (AvgIpc) is 2.51. The van der Waals surface area contributed by atoms with Crippen LogP contribution in [0.2, 0.25) is 0 Å². The summed E-state index contributed by atoms with van der Waals surface area (Å²) in [5.41, 5.74) is 3.26. The molecule has 138 valence electrons. The standard InChI is InChI=1S/C14H8BrNO8S2.K.H/c15-6-4-8(26(22,23)24)12(16)11-10(6)14(18)9-5(13(11)17)2-1-3-7(9)25(19,20)21;;/h1-4H,16H2,(H,19,20,21)(H,22,23,24);;/q;+1;-1. The molecular formula is C14H9BrKNO8S2. The Kier molecular flexibility index (Phi) is 6.25. The second-order valence-electron chi connectivity index (χ2n) is 5.31. The summed E-state index contributed by atoms with van der Waals surface area (Å²) in [5.74, 6) is -1.88. The van der Waals surface area contributed by atoms with Crippen molar-refractivity contribution in [1.29, 1.82) is 0 Å².